The Morgan fingerprint density at radius 2 is 0.817 bits per heavy atom. The number of carbonyl (C=O) groups excluding carboxylic acids is 2. The topological polar surface area (TPSA) is 370 Å². The maximum absolute atomic E-state index is 13.8. The number of fused-ring (bicyclic) bond motifs is 3. The molecule has 2 amide bonds. The number of hydrogen-bond acceptors (Lipinski definition) is 22. The van der Waals surface area contributed by atoms with Gasteiger partial charge in [0.25, 0.3) is 0 Å². The van der Waals surface area contributed by atoms with Crippen molar-refractivity contribution in [3.63, 3.8) is 0 Å². The summed E-state index contributed by atoms with van der Waals surface area (Å²) in [5, 5.41) is 11.6. The zero-order valence-electron chi connectivity index (χ0n) is 64.5. The number of nitrogens with two attached hydrogens (primary N) is 3. The maximum atomic E-state index is 13.8. The number of aliphatic carboxylic acids is 1. The van der Waals surface area contributed by atoms with Gasteiger partial charge < -0.3 is 56.4 Å². The molecule has 6 aromatic heterocycles. The molecular weight excluding hydrogens is 1470 g/mol. The van der Waals surface area contributed by atoms with Gasteiger partial charge in [-0.1, -0.05) is 66.7 Å². The molecule has 8 N–H and O–H groups in total. The van der Waals surface area contributed by atoms with Crippen LogP contribution in [0.1, 0.15) is 83.8 Å². The van der Waals surface area contributed by atoms with E-state index in [9.17, 15) is 28.8 Å². The van der Waals surface area contributed by atoms with E-state index in [0.29, 0.717) is 125 Å². The second kappa shape index (κ2) is 34.8. The average molecular weight is 1560 g/mol. The van der Waals surface area contributed by atoms with Gasteiger partial charge in [-0.05, 0) is 196 Å². The van der Waals surface area contributed by atoms with Gasteiger partial charge in [0.15, 0.2) is 34.4 Å². The number of rotatable bonds is 20. The van der Waals surface area contributed by atoms with Gasteiger partial charge in [0.1, 0.15) is 75.6 Å². The van der Waals surface area contributed by atoms with Crippen molar-refractivity contribution in [3.05, 3.63) is 239 Å². The highest BCUT2D eigenvalue weighted by Gasteiger charge is 2.36. The number of para-hydroxylation sites is 3. The van der Waals surface area contributed by atoms with Gasteiger partial charge in [0.05, 0.1) is 35.2 Å². The summed E-state index contributed by atoms with van der Waals surface area (Å²) in [6, 6.07) is 51.1. The molecule has 5 aliphatic rings. The SMILES string of the molecule is CC(C)(C)OC(=O)N1CC[C@@H](n2c(=O)n(-c3ccc(Oc4ccccc4)cc3)c3c(N)ncnc32)C1.CN(C/C=C/C(=O)N1CC[C@@H](n2c(=O)n(-c3ccc(Oc4ccccc4)cc3)c3c(N)ncnc32)C1)C1CC1.CN(C/C=C/C(=O)O)C1CC1.Nc1ncnc2c1n(-c1ccc(Oc3ccccc3)cc1)c(=O)n2[C@@H]1CCNC1. The molecule has 6 aromatic carbocycles. The van der Waals surface area contributed by atoms with Crippen LogP contribution >= 0.6 is 0 Å². The Morgan fingerprint density at radius 1 is 0.470 bits per heavy atom. The van der Waals surface area contributed by atoms with Gasteiger partial charge in [-0.15, -0.1) is 0 Å². The molecule has 31 nitrogen and oxygen atoms in total. The number of nitrogen functional groups attached to an aromatic ring is 3. The quantitative estimate of drug-likeness (QED) is 0.0443. The molecule has 3 saturated heterocycles. The number of ether oxygens (including phenoxy) is 4. The number of carbonyl (C=O) groups is 3. The Morgan fingerprint density at radius 3 is 1.17 bits per heavy atom. The first-order valence-electron chi connectivity index (χ1n) is 38.3. The molecule has 17 rings (SSSR count). The van der Waals surface area contributed by atoms with Crippen molar-refractivity contribution in [3.8, 4) is 51.6 Å². The fourth-order valence-electron chi connectivity index (χ4n) is 14.3. The van der Waals surface area contributed by atoms with E-state index in [0.717, 1.165) is 44.1 Å². The normalized spacial score (nSPS) is 16.7. The molecule has 0 radical (unpaired) electrons. The molecule has 2 saturated carbocycles. The minimum atomic E-state index is -0.866. The molecule has 12 aromatic rings. The molecular formula is C84H92N20O11. The Hall–Kier alpha value is -13.3. The Kier molecular flexibility index (Phi) is 23.7. The van der Waals surface area contributed by atoms with Crippen molar-refractivity contribution in [1.82, 2.24) is 82.2 Å². The van der Waals surface area contributed by atoms with Crippen LogP contribution in [-0.2, 0) is 14.3 Å². The molecule has 594 valence electrons. The van der Waals surface area contributed by atoms with Crippen LogP contribution in [0.5, 0.6) is 34.5 Å². The largest absolute Gasteiger partial charge is 0.478 e. The summed E-state index contributed by atoms with van der Waals surface area (Å²) in [6.07, 6.45) is 17.2. The number of imidazole rings is 3. The lowest BCUT2D eigenvalue weighted by molar-refractivity contribution is -0.131. The number of carboxylic acids is 1. The standard InChI is InChI=1S/C29H31N7O3.C26H28N6O4.C21H20N6O2.C8H13NO2/c1-33(20-9-10-20)16-5-8-25(37)34-17-15-22(18-34)36-28-26(27(30)31-19-32-28)35(29(36)38)21-11-13-24(14-12-21)39-23-6-3-2-4-7-23;1-26(2,3)36-25(34)30-14-13-18(15-30)32-23-21(22(27)28-16-29-23)31(24(32)33)17-9-11-20(12-10-17)35-19-7-5-4-6-8-19;22-19-18-20(25-13-24-19)27(15-10-11-23-12-15)21(28)26(18)14-6-8-17(9-7-14)29-16-4-2-1-3-5-16;1-9(7-4-5-7)6-2-3-8(10)11/h2-8,11-14,19-20,22H,9-10,15-18H2,1H3,(H2,30,31,32);4-12,16,18H,13-15H2,1-3H3,(H2,27,28,29);1-9,13,15,23H,10-12H2,(H2,22,24,25);2-3,7H,4-6H2,1H3,(H,10,11)/b8-5+;;;3-2+/t22-;18-;15-;/m111./s1. The number of amides is 2. The van der Waals surface area contributed by atoms with Gasteiger partial charge in [-0.3, -0.25) is 42.0 Å². The van der Waals surface area contributed by atoms with Gasteiger partial charge in [0, 0.05) is 70.0 Å². The van der Waals surface area contributed by atoms with Crippen LogP contribution in [-0.4, -0.2) is 184 Å². The summed E-state index contributed by atoms with van der Waals surface area (Å²) in [5.74, 6) is 3.94. The molecule has 2 aliphatic carbocycles. The van der Waals surface area contributed by atoms with E-state index >= 15 is 0 Å². The molecule has 3 aliphatic heterocycles. The molecule has 0 bridgehead atoms. The second-order valence-corrected chi connectivity index (χ2v) is 29.7. The van der Waals surface area contributed by atoms with E-state index in [1.54, 1.807) is 76.6 Å². The van der Waals surface area contributed by atoms with Crippen molar-refractivity contribution >= 4 is 68.9 Å². The molecule has 0 unspecified atom stereocenters. The number of likely N-dealkylation sites (tertiary alicyclic amines) is 2. The lowest BCUT2D eigenvalue weighted by atomic mass is 10.2. The predicted octanol–water partition coefficient (Wildman–Crippen LogP) is 10.7. The van der Waals surface area contributed by atoms with Crippen LogP contribution in [0.4, 0.5) is 22.2 Å². The zero-order valence-corrected chi connectivity index (χ0v) is 64.5. The van der Waals surface area contributed by atoms with Crippen molar-refractivity contribution in [2.75, 3.05) is 83.7 Å². The fraction of sp³-hybridized carbons (Fsp3) is 0.310. The fourth-order valence-corrected chi connectivity index (χ4v) is 14.3. The summed E-state index contributed by atoms with van der Waals surface area (Å²) in [4.78, 5) is 110. The van der Waals surface area contributed by atoms with E-state index < -0.39 is 17.7 Å². The zero-order chi connectivity index (χ0) is 80.4. The van der Waals surface area contributed by atoms with Crippen LogP contribution in [0.2, 0.25) is 0 Å². The highest BCUT2D eigenvalue weighted by Crippen LogP contribution is 2.34. The molecule has 31 heteroatoms. The van der Waals surface area contributed by atoms with Crippen molar-refractivity contribution in [2.24, 2.45) is 0 Å². The number of hydrogen-bond donors (Lipinski definition) is 5. The van der Waals surface area contributed by atoms with Crippen molar-refractivity contribution < 1.29 is 38.4 Å². The van der Waals surface area contributed by atoms with Crippen molar-refractivity contribution in [1.29, 1.82) is 0 Å². The van der Waals surface area contributed by atoms with Crippen LogP contribution in [0.15, 0.2) is 221 Å². The number of benzene rings is 6. The summed E-state index contributed by atoms with van der Waals surface area (Å²) in [7, 11) is 4.10. The summed E-state index contributed by atoms with van der Waals surface area (Å²) in [6.45, 7) is 10.4. The maximum Gasteiger partial charge on any atom is 0.410 e. The second-order valence-electron chi connectivity index (χ2n) is 29.7. The highest BCUT2D eigenvalue weighted by atomic mass is 16.6. The van der Waals surface area contributed by atoms with E-state index in [4.69, 9.17) is 41.3 Å². The molecule has 9 heterocycles. The van der Waals surface area contributed by atoms with Crippen LogP contribution in [0.3, 0.4) is 0 Å². The highest BCUT2D eigenvalue weighted by molar-refractivity contribution is 5.89. The third-order valence-electron chi connectivity index (χ3n) is 20.3. The first kappa shape index (κ1) is 78.4. The van der Waals surface area contributed by atoms with E-state index in [2.05, 4.69) is 52.1 Å². The van der Waals surface area contributed by atoms with Crippen LogP contribution in [0, 0.1) is 0 Å². The van der Waals surface area contributed by atoms with Gasteiger partial charge >= 0.3 is 29.1 Å². The molecule has 5 fully saturated rings. The smallest absolute Gasteiger partial charge is 0.410 e. The van der Waals surface area contributed by atoms with E-state index in [-0.39, 0.29) is 58.6 Å². The Bertz CT molecular complexity index is 5670. The van der Waals surface area contributed by atoms with E-state index in [1.165, 1.54) is 59.9 Å². The Labute approximate surface area is 661 Å². The van der Waals surface area contributed by atoms with Gasteiger partial charge in [0.2, 0.25) is 5.91 Å². The monoisotopic (exact) mass is 1560 g/mol. The first-order chi connectivity index (χ1) is 55.6. The number of likely N-dealkylation sites (N-methyl/N-ethyl adjacent to an activating group) is 2. The van der Waals surface area contributed by atoms with Crippen molar-refractivity contribution in [2.45, 2.75) is 102 Å². The summed E-state index contributed by atoms with van der Waals surface area (Å²) < 4.78 is 32.7. The van der Waals surface area contributed by atoms with Crippen LogP contribution < -0.4 is 53.8 Å². The lowest BCUT2D eigenvalue weighted by Crippen LogP contribution is -2.36. The molecule has 0 spiro atoms. The number of carboxylic acid groups (broad SMARTS) is 1. The van der Waals surface area contributed by atoms with E-state index in [1.807, 2.05) is 161 Å². The number of nitrogens with zero attached hydrogens (tertiary/aromatic N) is 16. The predicted molar refractivity (Wildman–Crippen MR) is 438 cm³/mol. The lowest BCUT2D eigenvalue weighted by Gasteiger charge is -2.24. The first-order valence-corrected chi connectivity index (χ1v) is 38.3. The summed E-state index contributed by atoms with van der Waals surface area (Å²) in [5.41, 5.74) is 22.0. The van der Waals surface area contributed by atoms with Gasteiger partial charge in [-0.25, -0.2) is 53.9 Å². The molecule has 3 atom stereocenters. The minimum absolute atomic E-state index is 0.0402. The average Bonchev–Trinajstić information content (AvgIpc) is 1.60. The Balaban J connectivity index is 0.000000134. The third-order valence-corrected chi connectivity index (χ3v) is 20.3. The number of aromatic nitrogens is 12. The number of anilines is 3. The third kappa shape index (κ3) is 18.4. The van der Waals surface area contributed by atoms with Gasteiger partial charge in [-0.2, -0.15) is 0 Å². The minimum Gasteiger partial charge on any atom is -0.478 e. The number of nitrogens with one attached hydrogen (secondary N) is 1. The van der Waals surface area contributed by atoms with Crippen LogP contribution in [0.25, 0.3) is 50.6 Å². The molecule has 115 heavy (non-hydrogen) atoms. The summed E-state index contributed by atoms with van der Waals surface area (Å²) >= 11 is 0.